The molecule has 98 valence electrons. The summed E-state index contributed by atoms with van der Waals surface area (Å²) in [4.78, 5) is 12.0. The molecule has 0 aliphatic carbocycles. The van der Waals surface area contributed by atoms with E-state index >= 15 is 0 Å². The molecule has 0 amide bonds. The van der Waals surface area contributed by atoms with Crippen molar-refractivity contribution < 1.29 is 17.9 Å². The quantitative estimate of drug-likeness (QED) is 0.780. The van der Waals surface area contributed by atoms with E-state index < -0.39 is 9.84 Å². The maximum atomic E-state index is 12.0. The zero-order valence-electron chi connectivity index (χ0n) is 10.3. The molecule has 0 spiro atoms. The van der Waals surface area contributed by atoms with Crippen LogP contribution in [-0.4, -0.2) is 32.8 Å². The summed E-state index contributed by atoms with van der Waals surface area (Å²) in [7, 11) is -1.34. The van der Waals surface area contributed by atoms with Gasteiger partial charge in [0.15, 0.2) is 15.6 Å². The highest BCUT2D eigenvalue weighted by atomic mass is 32.2. The van der Waals surface area contributed by atoms with Gasteiger partial charge in [-0.1, -0.05) is 0 Å². The van der Waals surface area contributed by atoms with Crippen molar-refractivity contribution in [1.82, 2.24) is 0 Å². The molecule has 0 saturated carbocycles. The molecule has 4 nitrogen and oxygen atoms in total. The van der Waals surface area contributed by atoms with Crippen molar-refractivity contribution in [3.63, 3.8) is 0 Å². The van der Waals surface area contributed by atoms with E-state index in [1.54, 1.807) is 31.4 Å². The number of benzene rings is 1. The molecule has 1 aliphatic heterocycles. The SMILES string of the molecule is COc1ccc(C(=O)CC2CCS(=O)(=O)C2)cc1. The number of sulfone groups is 1. The summed E-state index contributed by atoms with van der Waals surface area (Å²) in [6.07, 6.45) is 0.912. The van der Waals surface area contributed by atoms with E-state index in [-0.39, 0.29) is 23.2 Å². The molecule has 2 rings (SSSR count). The normalized spacial score (nSPS) is 21.7. The molecule has 5 heteroatoms. The van der Waals surface area contributed by atoms with Crippen molar-refractivity contribution in [2.24, 2.45) is 5.92 Å². The first-order chi connectivity index (χ1) is 8.50. The van der Waals surface area contributed by atoms with Crippen LogP contribution >= 0.6 is 0 Å². The van der Waals surface area contributed by atoms with Crippen LogP contribution in [0.4, 0.5) is 0 Å². The number of carbonyl (C=O) groups excluding carboxylic acids is 1. The molecule has 1 atom stereocenters. The zero-order valence-corrected chi connectivity index (χ0v) is 11.1. The topological polar surface area (TPSA) is 60.4 Å². The van der Waals surface area contributed by atoms with Gasteiger partial charge in [-0.15, -0.1) is 0 Å². The molecule has 1 unspecified atom stereocenters. The summed E-state index contributed by atoms with van der Waals surface area (Å²) in [5.74, 6) is 1.04. The number of hydrogen-bond donors (Lipinski definition) is 0. The second-order valence-corrected chi connectivity index (χ2v) is 6.85. The van der Waals surface area contributed by atoms with Crippen molar-refractivity contribution in [2.45, 2.75) is 12.8 Å². The van der Waals surface area contributed by atoms with Gasteiger partial charge in [-0.3, -0.25) is 4.79 Å². The maximum absolute atomic E-state index is 12.0. The number of methoxy groups -OCH3 is 1. The van der Waals surface area contributed by atoms with Crippen molar-refractivity contribution >= 4 is 15.6 Å². The average Bonchev–Trinajstić information content (AvgIpc) is 2.68. The van der Waals surface area contributed by atoms with Gasteiger partial charge in [0.1, 0.15) is 5.75 Å². The smallest absolute Gasteiger partial charge is 0.163 e. The van der Waals surface area contributed by atoms with Crippen LogP contribution in [0.25, 0.3) is 0 Å². The van der Waals surface area contributed by atoms with Gasteiger partial charge in [-0.05, 0) is 36.6 Å². The predicted octanol–water partition coefficient (Wildman–Crippen LogP) is 1.70. The number of hydrogen-bond acceptors (Lipinski definition) is 4. The van der Waals surface area contributed by atoms with Gasteiger partial charge in [0, 0.05) is 12.0 Å². The number of ketones is 1. The van der Waals surface area contributed by atoms with Gasteiger partial charge >= 0.3 is 0 Å². The summed E-state index contributed by atoms with van der Waals surface area (Å²) < 4.78 is 27.6. The Morgan fingerprint density at radius 2 is 2.00 bits per heavy atom. The minimum atomic E-state index is -2.91. The fraction of sp³-hybridized carbons (Fsp3) is 0.462. The van der Waals surface area contributed by atoms with Crippen LogP contribution < -0.4 is 4.74 Å². The van der Waals surface area contributed by atoms with Crippen molar-refractivity contribution in [2.75, 3.05) is 18.6 Å². The first kappa shape index (κ1) is 13.1. The second-order valence-electron chi connectivity index (χ2n) is 4.62. The highest BCUT2D eigenvalue weighted by Gasteiger charge is 2.29. The Kier molecular flexibility index (Phi) is 3.71. The van der Waals surface area contributed by atoms with E-state index in [1.165, 1.54) is 0 Å². The van der Waals surface area contributed by atoms with Crippen molar-refractivity contribution in [1.29, 1.82) is 0 Å². The van der Waals surface area contributed by atoms with E-state index in [9.17, 15) is 13.2 Å². The van der Waals surface area contributed by atoms with Crippen LogP contribution in [0.5, 0.6) is 5.75 Å². The van der Waals surface area contributed by atoms with Crippen LogP contribution in [-0.2, 0) is 9.84 Å². The van der Waals surface area contributed by atoms with Gasteiger partial charge < -0.3 is 4.74 Å². The molecule has 0 radical (unpaired) electrons. The molecule has 1 fully saturated rings. The van der Waals surface area contributed by atoms with E-state index in [2.05, 4.69) is 0 Å². The predicted molar refractivity (Wildman–Crippen MR) is 68.7 cm³/mol. The highest BCUT2D eigenvalue weighted by Crippen LogP contribution is 2.23. The Balaban J connectivity index is 1.99. The maximum Gasteiger partial charge on any atom is 0.163 e. The Hall–Kier alpha value is -1.36. The number of carbonyl (C=O) groups is 1. The standard InChI is InChI=1S/C13H16O4S/c1-17-12-4-2-11(3-5-12)13(14)8-10-6-7-18(15,16)9-10/h2-5,10H,6-9H2,1H3. The molecule has 1 aromatic carbocycles. The summed E-state index contributed by atoms with van der Waals surface area (Å²) in [6.45, 7) is 0. The molecule has 0 aromatic heterocycles. The van der Waals surface area contributed by atoms with Gasteiger partial charge in [-0.2, -0.15) is 0 Å². The van der Waals surface area contributed by atoms with Crippen LogP contribution in [0.2, 0.25) is 0 Å². The first-order valence-corrected chi connectivity index (χ1v) is 7.70. The van der Waals surface area contributed by atoms with Crippen molar-refractivity contribution in [3.05, 3.63) is 29.8 Å². The number of Topliss-reactive ketones (excluding diaryl/α,β-unsaturated/α-hetero) is 1. The Labute approximate surface area is 107 Å². The largest absolute Gasteiger partial charge is 0.497 e. The molecule has 1 saturated heterocycles. The second kappa shape index (κ2) is 5.10. The van der Waals surface area contributed by atoms with E-state index in [0.29, 0.717) is 24.2 Å². The Morgan fingerprint density at radius 3 is 2.50 bits per heavy atom. The summed E-state index contributed by atoms with van der Waals surface area (Å²) in [6, 6.07) is 6.90. The van der Waals surface area contributed by atoms with E-state index in [0.717, 1.165) is 0 Å². The number of rotatable bonds is 4. The summed E-state index contributed by atoms with van der Waals surface area (Å²) in [5, 5.41) is 0. The third-order valence-electron chi connectivity index (χ3n) is 3.21. The Morgan fingerprint density at radius 1 is 1.33 bits per heavy atom. The number of ether oxygens (including phenoxy) is 1. The molecule has 1 aliphatic rings. The summed E-state index contributed by atoms with van der Waals surface area (Å²) >= 11 is 0. The third kappa shape index (κ3) is 3.10. The zero-order chi connectivity index (χ0) is 13.2. The lowest BCUT2D eigenvalue weighted by Gasteiger charge is -2.07. The van der Waals surface area contributed by atoms with Crippen LogP contribution in [0.15, 0.2) is 24.3 Å². The molecule has 18 heavy (non-hydrogen) atoms. The van der Waals surface area contributed by atoms with Crippen molar-refractivity contribution in [3.8, 4) is 5.75 Å². The molecule has 0 bridgehead atoms. The lowest BCUT2D eigenvalue weighted by Crippen LogP contribution is -2.10. The lowest BCUT2D eigenvalue weighted by molar-refractivity contribution is 0.0965. The molecule has 1 heterocycles. The minimum Gasteiger partial charge on any atom is -0.497 e. The molecule has 0 N–H and O–H groups in total. The van der Waals surface area contributed by atoms with Crippen LogP contribution in [0.1, 0.15) is 23.2 Å². The lowest BCUT2D eigenvalue weighted by atomic mass is 9.98. The fourth-order valence-corrected chi connectivity index (χ4v) is 4.05. The fourth-order valence-electron chi connectivity index (χ4n) is 2.19. The minimum absolute atomic E-state index is 0.000229. The molecular formula is C13H16O4S. The van der Waals surface area contributed by atoms with Crippen LogP contribution in [0.3, 0.4) is 0 Å². The van der Waals surface area contributed by atoms with Gasteiger partial charge in [0.05, 0.1) is 18.6 Å². The molecular weight excluding hydrogens is 252 g/mol. The van der Waals surface area contributed by atoms with Gasteiger partial charge in [-0.25, -0.2) is 8.42 Å². The van der Waals surface area contributed by atoms with E-state index in [4.69, 9.17) is 4.74 Å². The third-order valence-corrected chi connectivity index (χ3v) is 5.05. The van der Waals surface area contributed by atoms with Gasteiger partial charge in [0.2, 0.25) is 0 Å². The first-order valence-electron chi connectivity index (χ1n) is 5.88. The van der Waals surface area contributed by atoms with Gasteiger partial charge in [0.25, 0.3) is 0 Å². The average molecular weight is 268 g/mol. The highest BCUT2D eigenvalue weighted by molar-refractivity contribution is 7.91. The summed E-state index contributed by atoms with van der Waals surface area (Å²) in [5.41, 5.74) is 0.611. The molecule has 1 aromatic rings. The Bertz CT molecular complexity index is 531. The van der Waals surface area contributed by atoms with E-state index in [1.807, 2.05) is 0 Å². The monoisotopic (exact) mass is 268 g/mol. The van der Waals surface area contributed by atoms with Crippen LogP contribution in [0, 0.1) is 5.92 Å².